The minimum Gasteiger partial charge on any atom is -0.462 e. The Kier molecular flexibility index (Phi) is 59.4. The molecule has 0 spiro atoms. The molecule has 0 aliphatic carbocycles. The molecule has 0 aromatic rings. The van der Waals surface area contributed by atoms with Crippen LogP contribution >= 0.6 is 7.82 Å². The molecule has 0 fully saturated rings. The number of unbranched alkanes of at least 4 members (excludes halogenated alkanes) is 50. The summed E-state index contributed by atoms with van der Waals surface area (Å²) in [6, 6.07) is 0. The number of hydrogen-bond acceptors (Lipinski definition) is 8. The average Bonchev–Trinajstić information content (AvgIpc) is 3.38. The summed E-state index contributed by atoms with van der Waals surface area (Å²) in [7, 11) is -4.38. The van der Waals surface area contributed by atoms with E-state index < -0.39 is 26.5 Å². The van der Waals surface area contributed by atoms with Crippen LogP contribution < -0.4 is 5.73 Å². The van der Waals surface area contributed by atoms with Gasteiger partial charge in [-0.25, -0.2) is 4.57 Å². The number of carbonyl (C=O) groups excluding carboxylic acids is 2. The van der Waals surface area contributed by atoms with Crippen LogP contribution in [0, 0.1) is 0 Å². The lowest BCUT2D eigenvalue weighted by Gasteiger charge is -2.19. The standard InChI is InChI=1S/C63H126NO8P/c1-3-5-7-9-11-13-15-17-19-21-23-25-27-29-31-33-35-37-39-41-43-45-47-49-51-53-55-62(65)69-59-61(60-71-73(67,68)70-58-57-64)72-63(66)56-54-52-50-48-46-44-42-40-38-36-34-32-30-28-26-24-22-20-18-16-14-12-10-8-6-4-2/h61H,3-60,64H2,1-2H3,(H,67,68)/t61-/m1/s1. The lowest BCUT2D eigenvalue weighted by Crippen LogP contribution is -2.29. The second-order valence-corrected chi connectivity index (χ2v) is 23.8. The van der Waals surface area contributed by atoms with E-state index in [0.717, 1.165) is 32.1 Å². The van der Waals surface area contributed by atoms with Crippen molar-refractivity contribution >= 4 is 19.8 Å². The largest absolute Gasteiger partial charge is 0.472 e. The van der Waals surface area contributed by atoms with E-state index in [1.807, 2.05) is 0 Å². The van der Waals surface area contributed by atoms with Gasteiger partial charge in [-0.1, -0.05) is 335 Å². The smallest absolute Gasteiger partial charge is 0.462 e. The van der Waals surface area contributed by atoms with Gasteiger partial charge < -0.3 is 20.1 Å². The zero-order valence-electron chi connectivity index (χ0n) is 48.9. The molecule has 0 amide bonds. The second kappa shape index (κ2) is 60.2. The summed E-state index contributed by atoms with van der Waals surface area (Å²) in [4.78, 5) is 35.3. The molecule has 0 rings (SSSR count). The van der Waals surface area contributed by atoms with E-state index in [1.165, 1.54) is 295 Å². The molecular weight excluding hydrogens is 930 g/mol. The van der Waals surface area contributed by atoms with E-state index in [4.69, 9.17) is 24.3 Å². The van der Waals surface area contributed by atoms with Gasteiger partial charge in [0.1, 0.15) is 6.61 Å². The zero-order chi connectivity index (χ0) is 53.1. The molecule has 0 aromatic heterocycles. The molecule has 0 radical (unpaired) electrons. The minimum absolute atomic E-state index is 0.0588. The van der Waals surface area contributed by atoms with Crippen molar-refractivity contribution < 1.29 is 37.6 Å². The molecule has 0 saturated heterocycles. The van der Waals surface area contributed by atoms with Crippen molar-refractivity contribution in [2.75, 3.05) is 26.4 Å². The van der Waals surface area contributed by atoms with Gasteiger partial charge in [-0.2, -0.15) is 0 Å². The lowest BCUT2D eigenvalue weighted by atomic mass is 10.0. The van der Waals surface area contributed by atoms with Gasteiger partial charge in [0.15, 0.2) is 6.10 Å². The van der Waals surface area contributed by atoms with Gasteiger partial charge in [0.25, 0.3) is 0 Å². The van der Waals surface area contributed by atoms with Crippen molar-refractivity contribution in [2.24, 2.45) is 5.73 Å². The molecule has 73 heavy (non-hydrogen) atoms. The van der Waals surface area contributed by atoms with Crippen molar-refractivity contribution in [3.8, 4) is 0 Å². The maximum Gasteiger partial charge on any atom is 0.472 e. The van der Waals surface area contributed by atoms with Gasteiger partial charge in [-0.3, -0.25) is 18.6 Å². The van der Waals surface area contributed by atoms with E-state index in [1.54, 1.807) is 0 Å². The highest BCUT2D eigenvalue weighted by molar-refractivity contribution is 7.47. The number of phosphoric ester groups is 1. The summed E-state index contributed by atoms with van der Waals surface area (Å²) in [5.74, 6) is -0.799. The van der Waals surface area contributed by atoms with E-state index >= 15 is 0 Å². The van der Waals surface area contributed by atoms with Gasteiger partial charge in [0, 0.05) is 19.4 Å². The number of esters is 2. The summed E-state index contributed by atoms with van der Waals surface area (Å²) >= 11 is 0. The first-order chi connectivity index (χ1) is 35.8. The minimum atomic E-state index is -4.38. The molecule has 2 atom stereocenters. The van der Waals surface area contributed by atoms with Crippen molar-refractivity contribution in [1.29, 1.82) is 0 Å². The van der Waals surface area contributed by atoms with Gasteiger partial charge in [-0.15, -0.1) is 0 Å². The van der Waals surface area contributed by atoms with Crippen LogP contribution in [0.4, 0.5) is 0 Å². The third-order valence-electron chi connectivity index (χ3n) is 15.0. The Labute approximate surface area is 454 Å². The fraction of sp³-hybridized carbons (Fsp3) is 0.968. The maximum atomic E-state index is 12.7. The second-order valence-electron chi connectivity index (χ2n) is 22.4. The molecule has 436 valence electrons. The topological polar surface area (TPSA) is 134 Å². The lowest BCUT2D eigenvalue weighted by molar-refractivity contribution is -0.161. The number of hydrogen-bond donors (Lipinski definition) is 2. The number of phosphoric acid groups is 1. The molecule has 9 nitrogen and oxygen atoms in total. The third-order valence-corrected chi connectivity index (χ3v) is 16.0. The van der Waals surface area contributed by atoms with Crippen LogP contribution in [-0.2, 0) is 32.7 Å². The third kappa shape index (κ3) is 60.1. The van der Waals surface area contributed by atoms with E-state index in [9.17, 15) is 19.0 Å². The van der Waals surface area contributed by atoms with Gasteiger partial charge in [-0.05, 0) is 12.8 Å². The number of rotatable bonds is 63. The Bertz CT molecular complexity index is 1160. The van der Waals surface area contributed by atoms with Crippen LogP contribution in [0.5, 0.6) is 0 Å². The van der Waals surface area contributed by atoms with Crippen molar-refractivity contribution in [3.63, 3.8) is 0 Å². The quantitative estimate of drug-likeness (QED) is 0.0347. The van der Waals surface area contributed by atoms with E-state index in [0.29, 0.717) is 12.8 Å². The Morgan fingerprint density at radius 2 is 0.589 bits per heavy atom. The van der Waals surface area contributed by atoms with Gasteiger partial charge in [0.2, 0.25) is 0 Å². The summed E-state index contributed by atoms with van der Waals surface area (Å²) in [6.07, 6.45) is 69.0. The Morgan fingerprint density at radius 1 is 0.356 bits per heavy atom. The monoisotopic (exact) mass is 1060 g/mol. The van der Waals surface area contributed by atoms with Crippen LogP contribution in [0.1, 0.15) is 361 Å². The van der Waals surface area contributed by atoms with Crippen LogP contribution in [0.25, 0.3) is 0 Å². The highest BCUT2D eigenvalue weighted by Crippen LogP contribution is 2.43. The highest BCUT2D eigenvalue weighted by Gasteiger charge is 2.26. The number of ether oxygens (including phenoxy) is 2. The fourth-order valence-corrected chi connectivity index (χ4v) is 10.9. The number of nitrogens with two attached hydrogens (primary N) is 1. The summed E-state index contributed by atoms with van der Waals surface area (Å²) in [5.41, 5.74) is 5.39. The zero-order valence-corrected chi connectivity index (χ0v) is 49.8. The van der Waals surface area contributed by atoms with Crippen LogP contribution in [-0.4, -0.2) is 49.3 Å². The number of carbonyl (C=O) groups is 2. The molecule has 0 aliphatic rings. The van der Waals surface area contributed by atoms with Crippen molar-refractivity contribution in [2.45, 2.75) is 367 Å². The summed E-state index contributed by atoms with van der Waals surface area (Å²) < 4.78 is 33.1. The van der Waals surface area contributed by atoms with Gasteiger partial charge >= 0.3 is 19.8 Å². The Morgan fingerprint density at radius 3 is 0.836 bits per heavy atom. The molecule has 0 heterocycles. The molecule has 0 aliphatic heterocycles. The summed E-state index contributed by atoms with van der Waals surface area (Å²) in [6.45, 7) is 3.84. The molecule has 0 saturated carbocycles. The van der Waals surface area contributed by atoms with Crippen molar-refractivity contribution in [1.82, 2.24) is 0 Å². The first-order valence-electron chi connectivity index (χ1n) is 32.5. The first kappa shape index (κ1) is 72.0. The van der Waals surface area contributed by atoms with Crippen LogP contribution in [0.15, 0.2) is 0 Å². The van der Waals surface area contributed by atoms with Crippen molar-refractivity contribution in [3.05, 3.63) is 0 Å². The molecule has 1 unspecified atom stereocenters. The first-order valence-corrected chi connectivity index (χ1v) is 34.0. The molecule has 10 heteroatoms. The molecule has 0 bridgehead atoms. The highest BCUT2D eigenvalue weighted by atomic mass is 31.2. The van der Waals surface area contributed by atoms with E-state index in [-0.39, 0.29) is 32.1 Å². The fourth-order valence-electron chi connectivity index (χ4n) is 10.2. The van der Waals surface area contributed by atoms with E-state index in [2.05, 4.69) is 13.8 Å². The SMILES string of the molecule is CCCCCCCCCCCCCCCCCCCCCCCCCCCCC(=O)OC[C@H](COP(=O)(O)OCCN)OC(=O)CCCCCCCCCCCCCCCCCCCCCCCCCCCC. The summed E-state index contributed by atoms with van der Waals surface area (Å²) in [5, 5.41) is 0. The van der Waals surface area contributed by atoms with Crippen LogP contribution in [0.2, 0.25) is 0 Å². The molecular formula is C63H126NO8P. The Hall–Kier alpha value is -0.990. The Balaban J connectivity index is 3.84. The predicted molar refractivity (Wildman–Crippen MR) is 312 cm³/mol. The van der Waals surface area contributed by atoms with Crippen LogP contribution in [0.3, 0.4) is 0 Å². The van der Waals surface area contributed by atoms with Gasteiger partial charge in [0.05, 0.1) is 13.2 Å². The molecule has 3 N–H and O–H groups in total. The molecule has 0 aromatic carbocycles. The average molecular weight is 1060 g/mol. The normalized spacial score (nSPS) is 12.9. The maximum absolute atomic E-state index is 12.7. The predicted octanol–water partition coefficient (Wildman–Crippen LogP) is 20.6.